The van der Waals surface area contributed by atoms with E-state index in [2.05, 4.69) is 21.0 Å². The van der Waals surface area contributed by atoms with Gasteiger partial charge in [0.1, 0.15) is 5.75 Å². The van der Waals surface area contributed by atoms with Crippen LogP contribution in [-0.2, 0) is 13.1 Å². The number of benzene rings is 1. The Morgan fingerprint density at radius 1 is 1.39 bits per heavy atom. The number of nitrogens with zero attached hydrogens (tertiary/aromatic N) is 2. The molecule has 0 fully saturated rings. The molecule has 1 aromatic heterocycles. The Balaban J connectivity index is 2.30. The minimum absolute atomic E-state index is 0.519. The van der Waals surface area contributed by atoms with Gasteiger partial charge in [-0.3, -0.25) is 4.68 Å². The van der Waals surface area contributed by atoms with E-state index in [1.165, 1.54) is 0 Å². The highest BCUT2D eigenvalue weighted by atomic mass is 79.9. The van der Waals surface area contributed by atoms with Crippen molar-refractivity contribution in [1.82, 2.24) is 9.78 Å². The fraction of sp³-hybridized carbons (Fsp3) is 0.308. The van der Waals surface area contributed by atoms with Crippen molar-refractivity contribution in [3.8, 4) is 5.75 Å². The van der Waals surface area contributed by atoms with Crippen molar-refractivity contribution in [2.75, 3.05) is 7.11 Å². The summed E-state index contributed by atoms with van der Waals surface area (Å²) in [5, 5.41) is 4.35. The number of hydrogen-bond donors (Lipinski definition) is 1. The van der Waals surface area contributed by atoms with Gasteiger partial charge < -0.3 is 10.5 Å². The SMILES string of the molecule is COc1ccc(Br)c(Cn2ncc(CN)c2C)c1. The van der Waals surface area contributed by atoms with Crippen LogP contribution in [0.15, 0.2) is 28.9 Å². The summed E-state index contributed by atoms with van der Waals surface area (Å²) in [7, 11) is 1.67. The number of hydrogen-bond acceptors (Lipinski definition) is 3. The monoisotopic (exact) mass is 309 g/mol. The average molecular weight is 310 g/mol. The van der Waals surface area contributed by atoms with Gasteiger partial charge in [-0.05, 0) is 30.7 Å². The van der Waals surface area contributed by atoms with Gasteiger partial charge in [0.05, 0.1) is 19.9 Å². The van der Waals surface area contributed by atoms with Gasteiger partial charge >= 0.3 is 0 Å². The molecule has 2 aromatic rings. The van der Waals surface area contributed by atoms with E-state index in [0.717, 1.165) is 27.0 Å². The summed E-state index contributed by atoms with van der Waals surface area (Å²) in [5.41, 5.74) is 8.96. The van der Waals surface area contributed by atoms with E-state index >= 15 is 0 Å². The molecular weight excluding hydrogens is 294 g/mol. The molecule has 0 spiro atoms. The van der Waals surface area contributed by atoms with E-state index in [1.54, 1.807) is 7.11 Å². The molecule has 2 N–H and O–H groups in total. The van der Waals surface area contributed by atoms with E-state index in [1.807, 2.05) is 36.0 Å². The zero-order valence-electron chi connectivity index (χ0n) is 10.5. The lowest BCUT2D eigenvalue weighted by Gasteiger charge is -2.09. The number of ether oxygens (including phenoxy) is 1. The van der Waals surface area contributed by atoms with Crippen molar-refractivity contribution in [1.29, 1.82) is 0 Å². The van der Waals surface area contributed by atoms with Crippen molar-refractivity contribution in [2.45, 2.75) is 20.0 Å². The molecule has 0 saturated carbocycles. The molecule has 0 saturated heterocycles. The van der Waals surface area contributed by atoms with E-state index < -0.39 is 0 Å². The molecule has 0 radical (unpaired) electrons. The first-order chi connectivity index (χ1) is 8.65. The molecule has 96 valence electrons. The number of halogens is 1. The lowest BCUT2D eigenvalue weighted by Crippen LogP contribution is -2.06. The van der Waals surface area contributed by atoms with Crippen LogP contribution in [0.2, 0.25) is 0 Å². The van der Waals surface area contributed by atoms with Crippen LogP contribution >= 0.6 is 15.9 Å². The normalized spacial score (nSPS) is 10.7. The Hall–Kier alpha value is -1.33. The van der Waals surface area contributed by atoms with Crippen molar-refractivity contribution in [3.63, 3.8) is 0 Å². The van der Waals surface area contributed by atoms with Crippen LogP contribution in [0, 0.1) is 6.92 Å². The van der Waals surface area contributed by atoms with Crippen LogP contribution in [0.25, 0.3) is 0 Å². The van der Waals surface area contributed by atoms with Crippen molar-refractivity contribution in [2.24, 2.45) is 5.73 Å². The molecule has 2 rings (SSSR count). The summed E-state index contributed by atoms with van der Waals surface area (Å²) in [6.07, 6.45) is 1.82. The fourth-order valence-corrected chi connectivity index (χ4v) is 2.18. The quantitative estimate of drug-likeness (QED) is 0.944. The first-order valence-corrected chi connectivity index (χ1v) is 6.48. The number of rotatable bonds is 4. The molecule has 5 heteroatoms. The summed E-state index contributed by atoms with van der Waals surface area (Å²) in [5.74, 6) is 0.844. The van der Waals surface area contributed by atoms with Gasteiger partial charge in [-0.25, -0.2) is 0 Å². The van der Waals surface area contributed by atoms with Crippen molar-refractivity contribution < 1.29 is 4.74 Å². The van der Waals surface area contributed by atoms with Gasteiger partial charge in [-0.2, -0.15) is 5.10 Å². The second-order valence-corrected chi connectivity index (χ2v) is 4.93. The largest absolute Gasteiger partial charge is 0.497 e. The van der Waals surface area contributed by atoms with Crippen LogP contribution in [-0.4, -0.2) is 16.9 Å². The maximum absolute atomic E-state index is 5.65. The lowest BCUT2D eigenvalue weighted by molar-refractivity contribution is 0.414. The minimum Gasteiger partial charge on any atom is -0.497 e. The fourth-order valence-electron chi connectivity index (χ4n) is 1.81. The second kappa shape index (κ2) is 5.54. The molecular formula is C13H16BrN3O. The van der Waals surface area contributed by atoms with E-state index in [9.17, 15) is 0 Å². The summed E-state index contributed by atoms with van der Waals surface area (Å²) < 4.78 is 8.23. The van der Waals surface area contributed by atoms with Gasteiger partial charge in [0, 0.05) is 22.3 Å². The van der Waals surface area contributed by atoms with E-state index in [-0.39, 0.29) is 0 Å². The zero-order chi connectivity index (χ0) is 13.1. The minimum atomic E-state index is 0.519. The Morgan fingerprint density at radius 2 is 2.17 bits per heavy atom. The first-order valence-electron chi connectivity index (χ1n) is 5.69. The molecule has 18 heavy (non-hydrogen) atoms. The van der Waals surface area contributed by atoms with E-state index in [0.29, 0.717) is 13.1 Å². The third kappa shape index (κ3) is 2.57. The summed E-state index contributed by atoms with van der Waals surface area (Å²) >= 11 is 3.54. The highest BCUT2D eigenvalue weighted by Crippen LogP contribution is 2.23. The van der Waals surface area contributed by atoms with Gasteiger partial charge in [0.25, 0.3) is 0 Å². The molecule has 0 aliphatic heterocycles. The Kier molecular flexibility index (Phi) is 4.04. The highest BCUT2D eigenvalue weighted by Gasteiger charge is 2.08. The molecule has 0 atom stereocenters. The van der Waals surface area contributed by atoms with Crippen LogP contribution in [0.4, 0.5) is 0 Å². The maximum atomic E-state index is 5.65. The Bertz CT molecular complexity index is 551. The molecule has 1 aromatic carbocycles. The summed E-state index contributed by atoms with van der Waals surface area (Å²) in [4.78, 5) is 0. The Morgan fingerprint density at radius 3 is 2.78 bits per heavy atom. The third-order valence-corrected chi connectivity index (χ3v) is 3.77. The maximum Gasteiger partial charge on any atom is 0.119 e. The van der Waals surface area contributed by atoms with Gasteiger partial charge in [0.15, 0.2) is 0 Å². The third-order valence-electron chi connectivity index (χ3n) is 3.00. The Labute approximate surface area is 115 Å². The topological polar surface area (TPSA) is 53.1 Å². The standard InChI is InChI=1S/C13H16BrN3O/c1-9-11(6-15)7-16-17(9)8-10-5-12(18-2)3-4-13(10)14/h3-5,7H,6,8,15H2,1-2H3. The van der Waals surface area contributed by atoms with E-state index in [4.69, 9.17) is 10.5 Å². The molecule has 0 unspecified atom stereocenters. The van der Waals surface area contributed by atoms with Crippen LogP contribution in [0.1, 0.15) is 16.8 Å². The van der Waals surface area contributed by atoms with Gasteiger partial charge in [-0.1, -0.05) is 15.9 Å². The number of nitrogens with two attached hydrogens (primary N) is 1. The molecule has 0 aliphatic carbocycles. The van der Waals surface area contributed by atoms with Crippen molar-refractivity contribution in [3.05, 3.63) is 45.7 Å². The number of methoxy groups -OCH3 is 1. The highest BCUT2D eigenvalue weighted by molar-refractivity contribution is 9.10. The first kappa shape index (κ1) is 13.1. The second-order valence-electron chi connectivity index (χ2n) is 4.07. The molecule has 1 heterocycles. The van der Waals surface area contributed by atoms with Crippen molar-refractivity contribution >= 4 is 15.9 Å². The average Bonchev–Trinajstić information content (AvgIpc) is 2.73. The lowest BCUT2D eigenvalue weighted by atomic mass is 10.2. The van der Waals surface area contributed by atoms with Crippen LogP contribution in [0.3, 0.4) is 0 Å². The predicted molar refractivity (Wildman–Crippen MR) is 74.7 cm³/mol. The number of aromatic nitrogens is 2. The van der Waals surface area contributed by atoms with Crippen LogP contribution < -0.4 is 10.5 Å². The molecule has 0 amide bonds. The van der Waals surface area contributed by atoms with Crippen LogP contribution in [0.5, 0.6) is 5.75 Å². The zero-order valence-corrected chi connectivity index (χ0v) is 12.1. The summed E-state index contributed by atoms with van der Waals surface area (Å²) in [6, 6.07) is 5.92. The molecule has 0 bridgehead atoms. The van der Waals surface area contributed by atoms with Gasteiger partial charge in [0.2, 0.25) is 0 Å². The molecule has 0 aliphatic rings. The smallest absolute Gasteiger partial charge is 0.119 e. The summed E-state index contributed by atoms with van der Waals surface area (Å²) in [6.45, 7) is 3.25. The van der Waals surface area contributed by atoms with Gasteiger partial charge in [-0.15, -0.1) is 0 Å². The predicted octanol–water partition coefficient (Wildman–Crippen LogP) is 2.47. The molecule has 4 nitrogen and oxygen atoms in total.